The maximum atomic E-state index is 13.2. The van der Waals surface area contributed by atoms with Crippen molar-refractivity contribution >= 4 is 35.0 Å². The van der Waals surface area contributed by atoms with Crippen molar-refractivity contribution in [3.63, 3.8) is 0 Å². The van der Waals surface area contributed by atoms with E-state index in [2.05, 4.69) is 5.32 Å². The first-order valence-electron chi connectivity index (χ1n) is 10.0. The molecule has 7 heteroatoms. The van der Waals surface area contributed by atoms with Gasteiger partial charge in [0.1, 0.15) is 0 Å². The largest absolute Gasteiger partial charge is 0.493 e. The van der Waals surface area contributed by atoms with E-state index >= 15 is 0 Å². The fraction of sp³-hybridized carbons (Fsp3) is 0.200. The number of hydrogen-bond donors (Lipinski definition) is 1. The zero-order valence-corrected chi connectivity index (χ0v) is 19.4. The zero-order valence-electron chi connectivity index (χ0n) is 18.5. The maximum Gasteiger partial charge on any atom is 0.259 e. The zero-order chi connectivity index (χ0) is 23.1. The van der Waals surface area contributed by atoms with E-state index in [9.17, 15) is 9.59 Å². The Hall–Kier alpha value is -3.45. The number of hydrogen-bond acceptors (Lipinski definition) is 5. The standard InChI is InChI=1S/C25H26N2O4S/c1-17-9-11-18(12-10-17)26-24(28)16-32-23-8-6-5-7-20(23)25(29)27(2)19-13-14-21(30-3)22(15-19)31-4/h5-15H,16H2,1-4H3,(H,26,28). The normalized spacial score (nSPS) is 10.4. The summed E-state index contributed by atoms with van der Waals surface area (Å²) >= 11 is 1.33. The second kappa shape index (κ2) is 10.7. The van der Waals surface area contributed by atoms with Crippen LogP contribution in [-0.4, -0.2) is 38.8 Å². The molecule has 0 bridgehead atoms. The Labute approximate surface area is 192 Å². The summed E-state index contributed by atoms with van der Waals surface area (Å²) in [7, 11) is 4.82. The van der Waals surface area contributed by atoms with Crippen LogP contribution in [0.25, 0.3) is 0 Å². The molecular formula is C25H26N2O4S. The van der Waals surface area contributed by atoms with Gasteiger partial charge >= 0.3 is 0 Å². The molecule has 0 saturated carbocycles. The third kappa shape index (κ3) is 5.62. The second-order valence-corrected chi connectivity index (χ2v) is 8.12. The van der Waals surface area contributed by atoms with Crippen molar-refractivity contribution < 1.29 is 19.1 Å². The monoisotopic (exact) mass is 450 g/mol. The molecule has 3 rings (SSSR count). The lowest BCUT2D eigenvalue weighted by molar-refractivity contribution is -0.113. The molecule has 0 unspecified atom stereocenters. The molecule has 0 aliphatic carbocycles. The number of amides is 2. The van der Waals surface area contributed by atoms with Gasteiger partial charge in [-0.15, -0.1) is 11.8 Å². The van der Waals surface area contributed by atoms with Crippen molar-refractivity contribution in [1.29, 1.82) is 0 Å². The van der Waals surface area contributed by atoms with Crippen LogP contribution in [0.4, 0.5) is 11.4 Å². The number of carbonyl (C=O) groups excluding carboxylic acids is 2. The molecule has 0 aliphatic heterocycles. The summed E-state index contributed by atoms with van der Waals surface area (Å²) in [5.74, 6) is 1.01. The van der Waals surface area contributed by atoms with Gasteiger partial charge in [-0.05, 0) is 43.3 Å². The molecule has 0 saturated heterocycles. The van der Waals surface area contributed by atoms with Crippen LogP contribution in [-0.2, 0) is 4.79 Å². The first-order chi connectivity index (χ1) is 15.4. The van der Waals surface area contributed by atoms with Gasteiger partial charge in [0.05, 0.1) is 25.5 Å². The van der Waals surface area contributed by atoms with E-state index in [-0.39, 0.29) is 17.6 Å². The van der Waals surface area contributed by atoms with Gasteiger partial charge in [-0.25, -0.2) is 0 Å². The lowest BCUT2D eigenvalue weighted by Gasteiger charge is -2.20. The quantitative estimate of drug-likeness (QED) is 0.488. The van der Waals surface area contributed by atoms with E-state index in [1.54, 1.807) is 50.4 Å². The van der Waals surface area contributed by atoms with Crippen LogP contribution >= 0.6 is 11.8 Å². The van der Waals surface area contributed by atoms with Crippen LogP contribution in [0.1, 0.15) is 15.9 Å². The highest BCUT2D eigenvalue weighted by molar-refractivity contribution is 8.00. The average molecular weight is 451 g/mol. The van der Waals surface area contributed by atoms with Gasteiger partial charge in [0.2, 0.25) is 5.91 Å². The predicted molar refractivity (Wildman–Crippen MR) is 129 cm³/mol. The van der Waals surface area contributed by atoms with Crippen LogP contribution in [0.15, 0.2) is 71.6 Å². The van der Waals surface area contributed by atoms with Crippen molar-refractivity contribution in [3.8, 4) is 11.5 Å². The molecule has 0 aliphatic rings. The molecule has 3 aromatic rings. The number of anilines is 2. The minimum Gasteiger partial charge on any atom is -0.493 e. The SMILES string of the molecule is COc1ccc(N(C)C(=O)c2ccccc2SCC(=O)Nc2ccc(C)cc2)cc1OC. The van der Waals surface area contributed by atoms with Crippen LogP contribution < -0.4 is 19.7 Å². The Bertz CT molecular complexity index is 1100. The number of methoxy groups -OCH3 is 2. The highest BCUT2D eigenvalue weighted by Crippen LogP contribution is 2.32. The Morgan fingerprint density at radius 3 is 2.31 bits per heavy atom. The molecule has 0 aromatic heterocycles. The Kier molecular flexibility index (Phi) is 7.78. The van der Waals surface area contributed by atoms with E-state index in [0.717, 1.165) is 16.1 Å². The van der Waals surface area contributed by atoms with Crippen molar-refractivity contribution in [2.45, 2.75) is 11.8 Å². The van der Waals surface area contributed by atoms with Crippen LogP contribution in [0.5, 0.6) is 11.5 Å². The third-order valence-corrected chi connectivity index (χ3v) is 5.94. The van der Waals surface area contributed by atoms with Gasteiger partial charge in [0.25, 0.3) is 5.91 Å². The van der Waals surface area contributed by atoms with E-state index in [1.165, 1.54) is 11.8 Å². The minimum absolute atomic E-state index is 0.130. The lowest BCUT2D eigenvalue weighted by atomic mass is 10.2. The fourth-order valence-electron chi connectivity index (χ4n) is 3.08. The van der Waals surface area contributed by atoms with E-state index in [1.807, 2.05) is 49.4 Å². The Morgan fingerprint density at radius 2 is 1.62 bits per heavy atom. The Balaban J connectivity index is 1.71. The first kappa shape index (κ1) is 23.2. The Morgan fingerprint density at radius 1 is 0.938 bits per heavy atom. The highest BCUT2D eigenvalue weighted by atomic mass is 32.2. The molecule has 0 atom stereocenters. The van der Waals surface area contributed by atoms with Gasteiger partial charge in [-0.2, -0.15) is 0 Å². The molecule has 0 spiro atoms. The molecule has 1 N–H and O–H groups in total. The smallest absolute Gasteiger partial charge is 0.259 e. The summed E-state index contributed by atoms with van der Waals surface area (Å²) in [6.07, 6.45) is 0. The number of ether oxygens (including phenoxy) is 2. The topological polar surface area (TPSA) is 67.9 Å². The molecule has 0 fully saturated rings. The maximum absolute atomic E-state index is 13.2. The molecule has 166 valence electrons. The molecule has 0 radical (unpaired) electrons. The number of aryl methyl sites for hydroxylation is 1. The highest BCUT2D eigenvalue weighted by Gasteiger charge is 2.19. The number of rotatable bonds is 8. The summed E-state index contributed by atoms with van der Waals surface area (Å²) in [4.78, 5) is 27.9. The van der Waals surface area contributed by atoms with Gasteiger partial charge in [-0.3, -0.25) is 9.59 Å². The number of nitrogens with one attached hydrogen (secondary N) is 1. The predicted octanol–water partition coefficient (Wildman–Crippen LogP) is 5.02. The van der Waals surface area contributed by atoms with Crippen LogP contribution in [0.3, 0.4) is 0 Å². The van der Waals surface area contributed by atoms with Gasteiger partial charge < -0.3 is 19.7 Å². The van der Waals surface area contributed by atoms with E-state index in [0.29, 0.717) is 22.7 Å². The lowest BCUT2D eigenvalue weighted by Crippen LogP contribution is -2.27. The summed E-state index contributed by atoms with van der Waals surface area (Å²) in [6.45, 7) is 1.99. The molecule has 0 heterocycles. The average Bonchev–Trinajstić information content (AvgIpc) is 2.83. The van der Waals surface area contributed by atoms with Gasteiger partial charge in [0.15, 0.2) is 11.5 Å². The van der Waals surface area contributed by atoms with Crippen molar-refractivity contribution in [2.24, 2.45) is 0 Å². The van der Waals surface area contributed by atoms with Crippen LogP contribution in [0.2, 0.25) is 0 Å². The molecular weight excluding hydrogens is 424 g/mol. The van der Waals surface area contributed by atoms with Crippen molar-refractivity contribution in [3.05, 3.63) is 77.9 Å². The summed E-state index contributed by atoms with van der Waals surface area (Å²) < 4.78 is 10.6. The number of nitrogens with zero attached hydrogens (tertiary/aromatic N) is 1. The molecule has 6 nitrogen and oxygen atoms in total. The number of thioether (sulfide) groups is 1. The van der Waals surface area contributed by atoms with Gasteiger partial charge in [0, 0.05) is 29.4 Å². The van der Waals surface area contributed by atoms with Crippen molar-refractivity contribution in [1.82, 2.24) is 0 Å². The summed E-state index contributed by atoms with van der Waals surface area (Å²) in [6, 6.07) is 20.2. The first-order valence-corrected chi connectivity index (χ1v) is 11.0. The molecule has 3 aromatic carbocycles. The summed E-state index contributed by atoms with van der Waals surface area (Å²) in [5, 5.41) is 2.88. The number of carbonyl (C=O) groups is 2. The molecule has 32 heavy (non-hydrogen) atoms. The van der Waals surface area contributed by atoms with E-state index in [4.69, 9.17) is 9.47 Å². The number of benzene rings is 3. The fourth-order valence-corrected chi connectivity index (χ4v) is 3.92. The third-order valence-electron chi connectivity index (χ3n) is 4.87. The van der Waals surface area contributed by atoms with Crippen molar-refractivity contribution in [2.75, 3.05) is 37.2 Å². The minimum atomic E-state index is -0.181. The summed E-state index contributed by atoms with van der Waals surface area (Å²) in [5.41, 5.74) is 3.07. The second-order valence-electron chi connectivity index (χ2n) is 7.10. The van der Waals surface area contributed by atoms with Gasteiger partial charge in [-0.1, -0.05) is 29.8 Å². The van der Waals surface area contributed by atoms with E-state index < -0.39 is 0 Å². The molecule has 2 amide bonds. The van der Waals surface area contributed by atoms with Crippen LogP contribution in [0, 0.1) is 6.92 Å².